The van der Waals surface area contributed by atoms with Crippen LogP contribution in [0.15, 0.2) is 18.3 Å². The van der Waals surface area contributed by atoms with Crippen LogP contribution in [-0.4, -0.2) is 28.4 Å². The fourth-order valence-corrected chi connectivity index (χ4v) is 1.08. The highest BCUT2D eigenvalue weighted by Gasteiger charge is 2.15. The van der Waals surface area contributed by atoms with Crippen molar-refractivity contribution < 1.29 is 15.1 Å². The molecule has 2 unspecified atom stereocenters. The van der Waals surface area contributed by atoms with E-state index in [1.54, 1.807) is 25.3 Å². The minimum absolute atomic E-state index is 0.437. The van der Waals surface area contributed by atoms with Crippen molar-refractivity contribution in [1.29, 1.82) is 0 Å². The van der Waals surface area contributed by atoms with Gasteiger partial charge in [-0.05, 0) is 18.6 Å². The van der Waals surface area contributed by atoms with Gasteiger partial charge >= 0.3 is 0 Å². The molecule has 0 spiro atoms. The molecule has 14 heavy (non-hydrogen) atoms. The number of hydroxylamine groups is 1. The van der Waals surface area contributed by atoms with E-state index in [0.29, 0.717) is 11.4 Å². The van der Waals surface area contributed by atoms with Gasteiger partial charge in [0, 0.05) is 12.3 Å². The molecule has 0 fully saturated rings. The maximum absolute atomic E-state index is 9.70. The molecule has 78 valence electrons. The van der Waals surface area contributed by atoms with Crippen molar-refractivity contribution >= 4 is 0 Å². The van der Waals surface area contributed by atoms with E-state index in [1.807, 2.05) is 5.48 Å². The van der Waals surface area contributed by atoms with Gasteiger partial charge in [-0.3, -0.25) is 0 Å². The van der Waals surface area contributed by atoms with Gasteiger partial charge in [0.1, 0.15) is 0 Å². The molecule has 0 aliphatic carbocycles. The number of aliphatic hydroxyl groups excluding tert-OH is 1. The smallest absolute Gasteiger partial charge is 0.213 e. The third-order valence-corrected chi connectivity index (χ3v) is 1.99. The van der Waals surface area contributed by atoms with Crippen LogP contribution < -0.4 is 10.2 Å². The van der Waals surface area contributed by atoms with Gasteiger partial charge < -0.3 is 15.1 Å². The molecule has 1 aromatic heterocycles. The number of nitrogens with one attached hydrogen (secondary N) is 1. The van der Waals surface area contributed by atoms with Crippen molar-refractivity contribution in [3.8, 4) is 5.88 Å². The largest absolute Gasteiger partial charge is 0.481 e. The van der Waals surface area contributed by atoms with Crippen molar-refractivity contribution in [3.63, 3.8) is 0 Å². The van der Waals surface area contributed by atoms with E-state index in [9.17, 15) is 5.11 Å². The highest BCUT2D eigenvalue weighted by molar-refractivity contribution is 5.23. The molecule has 0 saturated carbocycles. The highest BCUT2D eigenvalue weighted by Crippen LogP contribution is 2.19. The Kier molecular flexibility index (Phi) is 3.82. The molecule has 1 rings (SSSR count). The quantitative estimate of drug-likeness (QED) is 0.614. The average molecular weight is 198 g/mol. The highest BCUT2D eigenvalue weighted by atomic mass is 16.5. The molecule has 2 atom stereocenters. The second-order valence-electron chi connectivity index (χ2n) is 2.99. The van der Waals surface area contributed by atoms with Crippen LogP contribution in [0.25, 0.3) is 0 Å². The monoisotopic (exact) mass is 198 g/mol. The summed E-state index contributed by atoms with van der Waals surface area (Å²) in [5.74, 6) is 0.437. The minimum Gasteiger partial charge on any atom is -0.481 e. The van der Waals surface area contributed by atoms with Crippen LogP contribution in [0.2, 0.25) is 0 Å². The lowest BCUT2D eigenvalue weighted by atomic mass is 10.1. The van der Waals surface area contributed by atoms with Gasteiger partial charge in [0.25, 0.3) is 0 Å². The summed E-state index contributed by atoms with van der Waals surface area (Å²) in [6.07, 6.45) is 0.749. The molecule has 5 nitrogen and oxygen atoms in total. The van der Waals surface area contributed by atoms with Crippen LogP contribution in [0.4, 0.5) is 0 Å². The van der Waals surface area contributed by atoms with E-state index in [2.05, 4.69) is 4.98 Å². The third-order valence-electron chi connectivity index (χ3n) is 1.99. The van der Waals surface area contributed by atoms with Crippen LogP contribution in [0, 0.1) is 0 Å². The van der Waals surface area contributed by atoms with E-state index < -0.39 is 12.1 Å². The van der Waals surface area contributed by atoms with Gasteiger partial charge in [-0.25, -0.2) is 4.98 Å². The first-order valence-electron chi connectivity index (χ1n) is 4.26. The molecule has 3 N–H and O–H groups in total. The van der Waals surface area contributed by atoms with Crippen LogP contribution >= 0.6 is 0 Å². The molecular formula is C9H14N2O3. The Balaban J connectivity index is 2.83. The molecule has 1 aromatic rings. The zero-order valence-corrected chi connectivity index (χ0v) is 8.14. The number of methoxy groups -OCH3 is 1. The predicted octanol–water partition coefficient (Wildman–Crippen LogP) is 0.491. The summed E-state index contributed by atoms with van der Waals surface area (Å²) in [7, 11) is 1.51. The van der Waals surface area contributed by atoms with Gasteiger partial charge in [0.15, 0.2) is 0 Å². The van der Waals surface area contributed by atoms with Gasteiger partial charge in [0.2, 0.25) is 5.88 Å². The summed E-state index contributed by atoms with van der Waals surface area (Å²) < 4.78 is 4.91. The van der Waals surface area contributed by atoms with Crippen LogP contribution in [0.3, 0.4) is 0 Å². The van der Waals surface area contributed by atoms with Gasteiger partial charge in [0.05, 0.1) is 19.3 Å². The zero-order chi connectivity index (χ0) is 10.6. The van der Waals surface area contributed by atoms with Gasteiger partial charge in [-0.1, -0.05) is 0 Å². The topological polar surface area (TPSA) is 74.6 Å². The fraction of sp³-hybridized carbons (Fsp3) is 0.444. The number of aromatic nitrogens is 1. The Labute approximate surface area is 82.3 Å². The van der Waals surface area contributed by atoms with Crippen molar-refractivity contribution in [1.82, 2.24) is 10.5 Å². The Hall–Kier alpha value is -1.17. The number of pyridine rings is 1. The molecule has 1 heterocycles. The summed E-state index contributed by atoms with van der Waals surface area (Å²) in [5.41, 5.74) is 2.63. The molecular weight excluding hydrogens is 184 g/mol. The molecule has 0 saturated heterocycles. The van der Waals surface area contributed by atoms with E-state index in [4.69, 9.17) is 9.94 Å². The van der Waals surface area contributed by atoms with Crippen LogP contribution in [0.1, 0.15) is 18.6 Å². The summed E-state index contributed by atoms with van der Waals surface area (Å²) in [4.78, 5) is 3.91. The minimum atomic E-state index is -0.795. The Morgan fingerprint density at radius 2 is 2.29 bits per heavy atom. The normalized spacial score (nSPS) is 14.9. The summed E-state index contributed by atoms with van der Waals surface area (Å²) in [6, 6.07) is 2.85. The Morgan fingerprint density at radius 3 is 2.86 bits per heavy atom. The summed E-state index contributed by atoms with van der Waals surface area (Å²) >= 11 is 0. The molecule has 0 bridgehead atoms. The molecule has 0 aliphatic rings. The van der Waals surface area contributed by atoms with Crippen LogP contribution in [0.5, 0.6) is 5.88 Å². The van der Waals surface area contributed by atoms with Crippen molar-refractivity contribution in [2.24, 2.45) is 0 Å². The Morgan fingerprint density at radius 1 is 1.57 bits per heavy atom. The maximum Gasteiger partial charge on any atom is 0.213 e. The molecule has 5 heteroatoms. The standard InChI is InChI=1S/C9H14N2O3/c1-6(11-13)9(12)7-3-4-10-8(5-7)14-2/h3-6,9,11-13H,1-2H3. The van der Waals surface area contributed by atoms with Crippen molar-refractivity contribution in [3.05, 3.63) is 23.9 Å². The number of ether oxygens (including phenoxy) is 1. The average Bonchev–Trinajstić information content (AvgIpc) is 2.27. The first-order chi connectivity index (χ1) is 6.69. The lowest BCUT2D eigenvalue weighted by Crippen LogP contribution is -2.29. The Bertz CT molecular complexity index is 293. The van der Waals surface area contributed by atoms with Gasteiger partial charge in [-0.2, -0.15) is 5.48 Å². The van der Waals surface area contributed by atoms with Crippen molar-refractivity contribution in [2.75, 3.05) is 7.11 Å². The summed E-state index contributed by atoms with van der Waals surface area (Å²) in [6.45, 7) is 1.66. The van der Waals surface area contributed by atoms with Crippen LogP contribution in [-0.2, 0) is 0 Å². The lowest BCUT2D eigenvalue weighted by Gasteiger charge is -2.17. The fourth-order valence-electron chi connectivity index (χ4n) is 1.08. The number of rotatable bonds is 4. The lowest BCUT2D eigenvalue weighted by molar-refractivity contribution is 0.0470. The van der Waals surface area contributed by atoms with E-state index >= 15 is 0 Å². The van der Waals surface area contributed by atoms with E-state index in [0.717, 1.165) is 0 Å². The van der Waals surface area contributed by atoms with Crippen molar-refractivity contribution in [2.45, 2.75) is 19.1 Å². The number of nitrogens with zero attached hydrogens (tertiary/aromatic N) is 1. The second-order valence-corrected chi connectivity index (χ2v) is 2.99. The molecule has 0 aliphatic heterocycles. The number of aliphatic hydroxyl groups is 1. The SMILES string of the molecule is COc1cc(C(O)C(C)NO)ccn1. The predicted molar refractivity (Wildman–Crippen MR) is 50.1 cm³/mol. The maximum atomic E-state index is 9.70. The summed E-state index contributed by atoms with van der Waals surface area (Å²) in [5, 5.41) is 18.3. The zero-order valence-electron chi connectivity index (χ0n) is 8.14. The molecule has 0 amide bonds. The van der Waals surface area contributed by atoms with Gasteiger partial charge in [-0.15, -0.1) is 0 Å². The third kappa shape index (κ3) is 2.41. The first kappa shape index (κ1) is 10.9. The first-order valence-corrected chi connectivity index (χ1v) is 4.26. The van der Waals surface area contributed by atoms with E-state index in [1.165, 1.54) is 7.11 Å². The molecule has 0 aromatic carbocycles. The number of hydrogen-bond acceptors (Lipinski definition) is 5. The number of hydrogen-bond donors (Lipinski definition) is 3. The second kappa shape index (κ2) is 4.90. The van der Waals surface area contributed by atoms with E-state index in [-0.39, 0.29) is 0 Å². The molecule has 0 radical (unpaired) electrons.